The van der Waals surface area contributed by atoms with Gasteiger partial charge in [0.25, 0.3) is 0 Å². The summed E-state index contributed by atoms with van der Waals surface area (Å²) >= 11 is 0. The fourth-order valence-corrected chi connectivity index (χ4v) is 2.32. The molecule has 22 heavy (non-hydrogen) atoms. The van der Waals surface area contributed by atoms with E-state index >= 15 is 0 Å². The van der Waals surface area contributed by atoms with E-state index in [0.717, 1.165) is 22.4 Å². The quantitative estimate of drug-likeness (QED) is 0.591. The summed E-state index contributed by atoms with van der Waals surface area (Å²) in [5, 5.41) is 0. The summed E-state index contributed by atoms with van der Waals surface area (Å²) in [6.07, 6.45) is 5.82. The minimum absolute atomic E-state index is 0.221. The molecule has 0 saturated heterocycles. The van der Waals surface area contributed by atoms with Gasteiger partial charge in [0, 0.05) is 11.8 Å². The molecule has 0 fully saturated rings. The van der Waals surface area contributed by atoms with Crippen molar-refractivity contribution in [3.63, 3.8) is 0 Å². The SMILES string of the molecule is Cc1ccc(/C=C/c2ccc(F)cc2)c(-c2ccccn2)c1. The van der Waals surface area contributed by atoms with Gasteiger partial charge in [-0.05, 0) is 48.4 Å². The summed E-state index contributed by atoms with van der Waals surface area (Å²) in [6, 6.07) is 18.7. The van der Waals surface area contributed by atoms with Gasteiger partial charge in [0.2, 0.25) is 0 Å². The molecule has 1 nitrogen and oxygen atoms in total. The van der Waals surface area contributed by atoms with Crippen LogP contribution in [-0.2, 0) is 0 Å². The number of halogens is 1. The van der Waals surface area contributed by atoms with E-state index < -0.39 is 0 Å². The molecule has 2 aromatic carbocycles. The Bertz CT molecular complexity index is 790. The number of aryl methyl sites for hydroxylation is 1. The van der Waals surface area contributed by atoms with Crippen molar-refractivity contribution in [2.75, 3.05) is 0 Å². The van der Waals surface area contributed by atoms with E-state index in [1.807, 2.05) is 30.4 Å². The second kappa shape index (κ2) is 6.35. The first-order valence-electron chi connectivity index (χ1n) is 7.18. The van der Waals surface area contributed by atoms with Crippen LogP contribution in [0.25, 0.3) is 23.4 Å². The van der Waals surface area contributed by atoms with Crippen LogP contribution in [0.3, 0.4) is 0 Å². The highest BCUT2D eigenvalue weighted by Gasteiger charge is 2.04. The van der Waals surface area contributed by atoms with Crippen LogP contribution in [0, 0.1) is 12.7 Å². The van der Waals surface area contributed by atoms with Crippen molar-refractivity contribution in [3.8, 4) is 11.3 Å². The van der Waals surface area contributed by atoms with Gasteiger partial charge in [-0.1, -0.05) is 48.0 Å². The maximum absolute atomic E-state index is 12.9. The summed E-state index contributed by atoms with van der Waals surface area (Å²) in [5.74, 6) is -0.221. The van der Waals surface area contributed by atoms with E-state index in [1.54, 1.807) is 18.3 Å². The van der Waals surface area contributed by atoms with Gasteiger partial charge in [-0.15, -0.1) is 0 Å². The first-order chi connectivity index (χ1) is 10.7. The summed E-state index contributed by atoms with van der Waals surface area (Å²) in [7, 11) is 0. The van der Waals surface area contributed by atoms with Crippen LogP contribution in [0.1, 0.15) is 16.7 Å². The molecule has 0 amide bonds. The second-order valence-electron chi connectivity index (χ2n) is 5.19. The summed E-state index contributed by atoms with van der Waals surface area (Å²) in [5.41, 5.74) is 5.30. The standard InChI is InChI=1S/C20H16FN/c1-15-5-9-17(10-6-16-7-11-18(21)12-8-16)19(14-15)20-4-2-3-13-22-20/h2-14H,1H3/b10-6+. The molecular formula is C20H16FN. The van der Waals surface area contributed by atoms with Crippen LogP contribution in [0.4, 0.5) is 4.39 Å². The molecule has 0 unspecified atom stereocenters. The number of benzene rings is 2. The van der Waals surface area contributed by atoms with Crippen LogP contribution in [0.5, 0.6) is 0 Å². The number of hydrogen-bond donors (Lipinski definition) is 0. The minimum Gasteiger partial charge on any atom is -0.256 e. The maximum atomic E-state index is 12.9. The van der Waals surface area contributed by atoms with E-state index in [0.29, 0.717) is 0 Å². The average molecular weight is 289 g/mol. The fourth-order valence-electron chi connectivity index (χ4n) is 2.32. The van der Waals surface area contributed by atoms with Crippen molar-refractivity contribution in [3.05, 3.63) is 89.4 Å². The van der Waals surface area contributed by atoms with E-state index in [9.17, 15) is 4.39 Å². The van der Waals surface area contributed by atoms with Gasteiger partial charge in [0.05, 0.1) is 5.69 Å². The largest absolute Gasteiger partial charge is 0.256 e. The lowest BCUT2D eigenvalue weighted by Crippen LogP contribution is -1.87. The van der Waals surface area contributed by atoms with Crippen molar-refractivity contribution in [1.29, 1.82) is 0 Å². The van der Waals surface area contributed by atoms with Gasteiger partial charge in [-0.25, -0.2) is 4.39 Å². The topological polar surface area (TPSA) is 12.9 Å². The summed E-state index contributed by atoms with van der Waals surface area (Å²) in [4.78, 5) is 4.43. The lowest BCUT2D eigenvalue weighted by molar-refractivity contribution is 0.628. The zero-order chi connectivity index (χ0) is 15.4. The van der Waals surface area contributed by atoms with Crippen molar-refractivity contribution in [1.82, 2.24) is 4.98 Å². The number of nitrogens with zero attached hydrogens (tertiary/aromatic N) is 1. The average Bonchev–Trinajstić information content (AvgIpc) is 2.56. The molecule has 3 aromatic rings. The Morgan fingerprint density at radius 2 is 1.73 bits per heavy atom. The Balaban J connectivity index is 1.99. The van der Waals surface area contributed by atoms with Gasteiger partial charge in [0.15, 0.2) is 0 Å². The van der Waals surface area contributed by atoms with Gasteiger partial charge in [0.1, 0.15) is 5.82 Å². The lowest BCUT2D eigenvalue weighted by Gasteiger charge is -2.07. The molecule has 3 rings (SSSR count). The molecule has 0 aliphatic rings. The summed E-state index contributed by atoms with van der Waals surface area (Å²) in [6.45, 7) is 2.07. The van der Waals surface area contributed by atoms with Gasteiger partial charge >= 0.3 is 0 Å². The fraction of sp³-hybridized carbons (Fsp3) is 0.0500. The number of aromatic nitrogens is 1. The molecule has 0 aliphatic heterocycles. The van der Waals surface area contributed by atoms with Gasteiger partial charge < -0.3 is 0 Å². The van der Waals surface area contributed by atoms with E-state index in [2.05, 4.69) is 30.1 Å². The third kappa shape index (κ3) is 3.29. The van der Waals surface area contributed by atoms with Crippen molar-refractivity contribution >= 4 is 12.2 Å². The first kappa shape index (κ1) is 14.2. The van der Waals surface area contributed by atoms with Crippen LogP contribution in [0.2, 0.25) is 0 Å². The zero-order valence-corrected chi connectivity index (χ0v) is 12.3. The van der Waals surface area contributed by atoms with Gasteiger partial charge in [-0.2, -0.15) is 0 Å². The van der Waals surface area contributed by atoms with Crippen LogP contribution < -0.4 is 0 Å². The van der Waals surface area contributed by atoms with E-state index in [1.165, 1.54) is 17.7 Å². The molecule has 0 aliphatic carbocycles. The normalized spacial score (nSPS) is 11.0. The molecule has 0 atom stereocenters. The molecule has 108 valence electrons. The Hall–Kier alpha value is -2.74. The second-order valence-corrected chi connectivity index (χ2v) is 5.19. The lowest BCUT2D eigenvalue weighted by atomic mass is 10.00. The molecule has 0 saturated carbocycles. The van der Waals surface area contributed by atoms with Crippen molar-refractivity contribution in [2.45, 2.75) is 6.92 Å². The highest BCUT2D eigenvalue weighted by Crippen LogP contribution is 2.25. The van der Waals surface area contributed by atoms with E-state index in [-0.39, 0.29) is 5.82 Å². The van der Waals surface area contributed by atoms with Crippen LogP contribution >= 0.6 is 0 Å². The Kier molecular flexibility index (Phi) is 4.10. The monoisotopic (exact) mass is 289 g/mol. The Labute approximate surface area is 129 Å². The van der Waals surface area contributed by atoms with Gasteiger partial charge in [-0.3, -0.25) is 4.98 Å². The third-order valence-electron chi connectivity index (χ3n) is 3.47. The zero-order valence-electron chi connectivity index (χ0n) is 12.3. The van der Waals surface area contributed by atoms with Crippen molar-refractivity contribution < 1.29 is 4.39 Å². The minimum atomic E-state index is -0.221. The smallest absolute Gasteiger partial charge is 0.123 e. The molecule has 0 radical (unpaired) electrons. The highest BCUT2D eigenvalue weighted by atomic mass is 19.1. The van der Waals surface area contributed by atoms with Crippen molar-refractivity contribution in [2.24, 2.45) is 0 Å². The summed E-state index contributed by atoms with van der Waals surface area (Å²) < 4.78 is 12.9. The van der Waals surface area contributed by atoms with E-state index in [4.69, 9.17) is 0 Å². The predicted molar refractivity (Wildman–Crippen MR) is 89.7 cm³/mol. The molecule has 0 N–H and O–H groups in total. The molecule has 0 bridgehead atoms. The van der Waals surface area contributed by atoms with Crippen LogP contribution in [-0.4, -0.2) is 4.98 Å². The third-order valence-corrected chi connectivity index (χ3v) is 3.47. The number of pyridine rings is 1. The molecular weight excluding hydrogens is 273 g/mol. The van der Waals surface area contributed by atoms with Crippen LogP contribution in [0.15, 0.2) is 66.9 Å². The number of rotatable bonds is 3. The maximum Gasteiger partial charge on any atom is 0.123 e. The first-order valence-corrected chi connectivity index (χ1v) is 7.18. The molecule has 2 heteroatoms. The molecule has 1 heterocycles. The number of hydrogen-bond acceptors (Lipinski definition) is 1. The molecule has 0 spiro atoms. The Morgan fingerprint density at radius 3 is 2.45 bits per heavy atom. The Morgan fingerprint density at radius 1 is 0.909 bits per heavy atom. The molecule has 1 aromatic heterocycles. The highest BCUT2D eigenvalue weighted by molar-refractivity contribution is 5.79. The predicted octanol–water partition coefficient (Wildman–Crippen LogP) is 5.37.